The van der Waals surface area contributed by atoms with Crippen LogP contribution >= 0.6 is 23.2 Å². The molecule has 1 amide bonds. The minimum atomic E-state index is -0.587. The van der Waals surface area contributed by atoms with Gasteiger partial charge in [0, 0.05) is 11.1 Å². The van der Waals surface area contributed by atoms with E-state index < -0.39 is 5.91 Å². The van der Waals surface area contributed by atoms with Crippen LogP contribution in [0.5, 0.6) is 0 Å². The van der Waals surface area contributed by atoms with Gasteiger partial charge in [-0.05, 0) is 37.3 Å². The minimum absolute atomic E-state index is 0.0969. The number of aryl methyl sites for hydroxylation is 1. The molecule has 1 aromatic heterocycles. The van der Waals surface area contributed by atoms with Crippen LogP contribution in [-0.4, -0.2) is 5.91 Å². The molecule has 2 aromatic rings. The van der Waals surface area contributed by atoms with Gasteiger partial charge in [-0.3, -0.25) is 4.79 Å². The van der Waals surface area contributed by atoms with Crippen molar-refractivity contribution < 1.29 is 9.21 Å². The summed E-state index contributed by atoms with van der Waals surface area (Å²) in [5, 5.41) is 12.4. The fraction of sp³-hybridized carbons (Fsp3) is 0.0667. The molecule has 2 rings (SSSR count). The van der Waals surface area contributed by atoms with Crippen LogP contribution in [0.25, 0.3) is 6.08 Å². The molecule has 6 heteroatoms. The molecular weight excluding hydrogens is 311 g/mol. The highest BCUT2D eigenvalue weighted by Crippen LogP contribution is 2.26. The zero-order valence-corrected chi connectivity index (χ0v) is 12.5. The fourth-order valence-electron chi connectivity index (χ4n) is 1.60. The number of nitriles is 1. The second kappa shape index (κ2) is 6.49. The molecule has 0 bridgehead atoms. The predicted molar refractivity (Wildman–Crippen MR) is 82.1 cm³/mol. The van der Waals surface area contributed by atoms with Gasteiger partial charge in [0.2, 0.25) is 0 Å². The van der Waals surface area contributed by atoms with E-state index in [1.165, 1.54) is 12.1 Å². The zero-order valence-electron chi connectivity index (χ0n) is 11.0. The monoisotopic (exact) mass is 320 g/mol. The molecule has 0 spiro atoms. The summed E-state index contributed by atoms with van der Waals surface area (Å²) in [6.07, 6.45) is 1.36. The van der Waals surface area contributed by atoms with Gasteiger partial charge in [-0.15, -0.1) is 0 Å². The summed E-state index contributed by atoms with van der Waals surface area (Å²) >= 11 is 11.8. The van der Waals surface area contributed by atoms with Crippen LogP contribution in [0, 0.1) is 18.3 Å². The van der Waals surface area contributed by atoms with Crippen LogP contribution in [-0.2, 0) is 4.79 Å². The van der Waals surface area contributed by atoms with Crippen LogP contribution in [0.2, 0.25) is 10.0 Å². The maximum Gasteiger partial charge on any atom is 0.266 e. The molecule has 0 saturated heterocycles. The summed E-state index contributed by atoms with van der Waals surface area (Å²) in [4.78, 5) is 12.1. The molecule has 0 atom stereocenters. The second-order valence-electron chi connectivity index (χ2n) is 4.20. The Morgan fingerprint density at radius 1 is 1.33 bits per heavy atom. The summed E-state index contributed by atoms with van der Waals surface area (Å²) in [7, 11) is 0. The Kier molecular flexibility index (Phi) is 4.69. The third-order valence-electron chi connectivity index (χ3n) is 2.59. The van der Waals surface area contributed by atoms with E-state index in [1.807, 2.05) is 6.07 Å². The highest BCUT2D eigenvalue weighted by molar-refractivity contribution is 6.36. The van der Waals surface area contributed by atoms with E-state index in [1.54, 1.807) is 31.2 Å². The smallest absolute Gasteiger partial charge is 0.266 e. The Balaban J connectivity index is 2.23. The van der Waals surface area contributed by atoms with Gasteiger partial charge in [-0.2, -0.15) is 5.26 Å². The van der Waals surface area contributed by atoms with Crippen molar-refractivity contribution in [2.24, 2.45) is 0 Å². The average Bonchev–Trinajstić information content (AvgIpc) is 2.85. The van der Waals surface area contributed by atoms with Crippen molar-refractivity contribution in [3.8, 4) is 6.07 Å². The van der Waals surface area contributed by atoms with Gasteiger partial charge in [0.1, 0.15) is 23.2 Å². The van der Waals surface area contributed by atoms with Gasteiger partial charge in [0.05, 0.1) is 10.7 Å². The summed E-state index contributed by atoms with van der Waals surface area (Å²) in [6, 6.07) is 9.91. The molecule has 4 nitrogen and oxygen atoms in total. The van der Waals surface area contributed by atoms with E-state index in [4.69, 9.17) is 32.9 Å². The van der Waals surface area contributed by atoms with Gasteiger partial charge in [-0.1, -0.05) is 23.2 Å². The fourth-order valence-corrected chi connectivity index (χ4v) is 1.94. The van der Waals surface area contributed by atoms with E-state index in [-0.39, 0.29) is 5.57 Å². The van der Waals surface area contributed by atoms with E-state index in [9.17, 15) is 4.79 Å². The lowest BCUT2D eigenvalue weighted by Crippen LogP contribution is -2.13. The van der Waals surface area contributed by atoms with Crippen LogP contribution in [0.15, 0.2) is 40.3 Å². The first-order valence-corrected chi connectivity index (χ1v) is 6.70. The molecule has 0 aliphatic rings. The van der Waals surface area contributed by atoms with Crippen molar-refractivity contribution in [2.45, 2.75) is 6.92 Å². The lowest BCUT2D eigenvalue weighted by atomic mass is 10.2. The van der Waals surface area contributed by atoms with Crippen molar-refractivity contribution in [1.29, 1.82) is 5.26 Å². The molecule has 21 heavy (non-hydrogen) atoms. The van der Waals surface area contributed by atoms with Gasteiger partial charge in [-0.25, -0.2) is 0 Å². The minimum Gasteiger partial charge on any atom is -0.462 e. The normalized spacial score (nSPS) is 11.0. The lowest BCUT2D eigenvalue weighted by Gasteiger charge is -2.06. The summed E-state index contributed by atoms with van der Waals surface area (Å²) in [6.45, 7) is 1.77. The quantitative estimate of drug-likeness (QED) is 0.671. The predicted octanol–water partition coefficient (Wildman–Crippen LogP) is 4.44. The molecule has 0 radical (unpaired) electrons. The maximum atomic E-state index is 12.1. The van der Waals surface area contributed by atoms with Crippen LogP contribution < -0.4 is 5.32 Å². The molecular formula is C15H10Cl2N2O2. The number of halogens is 2. The van der Waals surface area contributed by atoms with Gasteiger partial charge >= 0.3 is 0 Å². The molecule has 0 unspecified atom stereocenters. The Morgan fingerprint density at radius 2 is 2.10 bits per heavy atom. The highest BCUT2D eigenvalue weighted by atomic mass is 35.5. The van der Waals surface area contributed by atoms with Crippen molar-refractivity contribution >= 4 is 40.9 Å². The lowest BCUT2D eigenvalue weighted by molar-refractivity contribution is -0.112. The molecule has 1 heterocycles. The van der Waals surface area contributed by atoms with Gasteiger partial charge < -0.3 is 9.73 Å². The van der Waals surface area contributed by atoms with Crippen LogP contribution in [0.3, 0.4) is 0 Å². The maximum absolute atomic E-state index is 12.1. The number of benzene rings is 1. The molecule has 0 saturated carbocycles. The largest absolute Gasteiger partial charge is 0.462 e. The number of nitrogens with zero attached hydrogens (tertiary/aromatic N) is 1. The van der Waals surface area contributed by atoms with Crippen molar-refractivity contribution in [3.05, 3.63) is 57.5 Å². The SMILES string of the molecule is Cc1ccc(/C=C(/C#N)C(=O)Nc2cc(Cl)ccc2Cl)o1. The van der Waals surface area contributed by atoms with E-state index in [2.05, 4.69) is 5.32 Å². The molecule has 106 valence electrons. The summed E-state index contributed by atoms with van der Waals surface area (Å²) < 4.78 is 5.30. The molecule has 0 aliphatic heterocycles. The number of carbonyl (C=O) groups excluding carboxylic acids is 1. The van der Waals surface area contributed by atoms with Crippen LogP contribution in [0.1, 0.15) is 11.5 Å². The van der Waals surface area contributed by atoms with E-state index in [0.717, 1.165) is 0 Å². The Morgan fingerprint density at radius 3 is 2.71 bits per heavy atom. The number of rotatable bonds is 3. The first-order valence-electron chi connectivity index (χ1n) is 5.94. The number of furan rings is 1. The summed E-state index contributed by atoms with van der Waals surface area (Å²) in [5.41, 5.74) is 0.242. The third-order valence-corrected chi connectivity index (χ3v) is 3.15. The third kappa shape index (κ3) is 3.88. The first kappa shape index (κ1) is 15.2. The van der Waals surface area contributed by atoms with Gasteiger partial charge in [0.25, 0.3) is 5.91 Å². The number of anilines is 1. The van der Waals surface area contributed by atoms with Crippen LogP contribution in [0.4, 0.5) is 5.69 Å². The number of hydrogen-bond donors (Lipinski definition) is 1. The van der Waals surface area contributed by atoms with Crippen molar-refractivity contribution in [3.63, 3.8) is 0 Å². The van der Waals surface area contributed by atoms with E-state index in [0.29, 0.717) is 27.3 Å². The number of hydrogen-bond acceptors (Lipinski definition) is 3. The standard InChI is InChI=1S/C15H10Cl2N2O2/c1-9-2-4-12(21-9)6-10(8-18)15(20)19-14-7-11(16)3-5-13(14)17/h2-7H,1H3,(H,19,20)/b10-6-. The molecule has 0 fully saturated rings. The Labute approximate surface area is 131 Å². The molecule has 0 aliphatic carbocycles. The Hall–Kier alpha value is -2.22. The average molecular weight is 321 g/mol. The zero-order chi connectivity index (χ0) is 15.4. The van der Waals surface area contributed by atoms with Crippen molar-refractivity contribution in [2.75, 3.05) is 5.32 Å². The van der Waals surface area contributed by atoms with E-state index >= 15 is 0 Å². The van der Waals surface area contributed by atoms with Gasteiger partial charge in [0.15, 0.2) is 0 Å². The molecule has 1 N–H and O–H groups in total. The number of carbonyl (C=O) groups is 1. The molecule has 1 aromatic carbocycles. The first-order chi connectivity index (χ1) is 9.99. The number of amides is 1. The van der Waals surface area contributed by atoms with Crippen molar-refractivity contribution in [1.82, 2.24) is 0 Å². The topological polar surface area (TPSA) is 66.0 Å². The number of nitrogens with one attached hydrogen (secondary N) is 1. The second-order valence-corrected chi connectivity index (χ2v) is 5.04. The highest BCUT2D eigenvalue weighted by Gasteiger charge is 2.12. The Bertz CT molecular complexity index is 757. The summed E-state index contributed by atoms with van der Waals surface area (Å²) in [5.74, 6) is 0.531.